The van der Waals surface area contributed by atoms with Crippen LogP contribution in [0.4, 0.5) is 5.69 Å². The van der Waals surface area contributed by atoms with Gasteiger partial charge in [0.15, 0.2) is 5.11 Å². The van der Waals surface area contributed by atoms with Crippen LogP contribution in [0.15, 0.2) is 54.2 Å². The first-order valence-corrected chi connectivity index (χ1v) is 8.28. The van der Waals surface area contributed by atoms with Crippen molar-refractivity contribution in [1.29, 1.82) is 0 Å². The SMILES string of the molecule is CCOc1ccccc1/C=C1\NC(=S)N(c2cccc(OC)c2)C1=O. The number of thiocarbonyl (C=S) groups is 1. The number of carbonyl (C=O) groups excluding carboxylic acids is 1. The molecular formula is C19H18N2O3S. The molecule has 0 unspecified atom stereocenters. The number of nitrogens with zero attached hydrogens (tertiary/aromatic N) is 1. The highest BCUT2D eigenvalue weighted by Gasteiger charge is 2.32. The highest BCUT2D eigenvalue weighted by atomic mass is 32.1. The van der Waals surface area contributed by atoms with Crippen LogP contribution in [0, 0.1) is 0 Å². The van der Waals surface area contributed by atoms with Gasteiger partial charge in [-0.05, 0) is 43.4 Å². The van der Waals surface area contributed by atoms with Gasteiger partial charge in [0.1, 0.15) is 17.2 Å². The van der Waals surface area contributed by atoms with Crippen molar-refractivity contribution in [1.82, 2.24) is 5.32 Å². The topological polar surface area (TPSA) is 50.8 Å². The molecule has 2 aromatic rings. The number of amides is 1. The van der Waals surface area contributed by atoms with Crippen LogP contribution >= 0.6 is 12.2 Å². The number of rotatable bonds is 5. The summed E-state index contributed by atoms with van der Waals surface area (Å²) in [5.41, 5.74) is 1.87. The zero-order valence-corrected chi connectivity index (χ0v) is 14.8. The van der Waals surface area contributed by atoms with Crippen LogP contribution in [-0.2, 0) is 4.79 Å². The van der Waals surface area contributed by atoms with Crippen LogP contribution < -0.4 is 19.7 Å². The van der Waals surface area contributed by atoms with E-state index in [9.17, 15) is 4.79 Å². The van der Waals surface area contributed by atoms with Crippen LogP contribution in [0.1, 0.15) is 12.5 Å². The minimum atomic E-state index is -0.218. The van der Waals surface area contributed by atoms with E-state index in [1.807, 2.05) is 49.4 Å². The van der Waals surface area contributed by atoms with Crippen molar-refractivity contribution in [2.75, 3.05) is 18.6 Å². The average Bonchev–Trinajstić information content (AvgIpc) is 2.90. The second-order valence-electron chi connectivity index (χ2n) is 5.30. The number of para-hydroxylation sites is 1. The lowest BCUT2D eigenvalue weighted by atomic mass is 10.1. The number of ether oxygens (including phenoxy) is 2. The van der Waals surface area contributed by atoms with Crippen LogP contribution in [0.3, 0.4) is 0 Å². The molecule has 6 heteroatoms. The van der Waals surface area contributed by atoms with Crippen molar-refractivity contribution in [3.05, 3.63) is 59.8 Å². The molecule has 0 saturated carbocycles. The fourth-order valence-electron chi connectivity index (χ4n) is 2.56. The van der Waals surface area contributed by atoms with E-state index in [1.165, 1.54) is 4.90 Å². The molecule has 1 N–H and O–H groups in total. The summed E-state index contributed by atoms with van der Waals surface area (Å²) in [6.07, 6.45) is 1.75. The molecule has 0 atom stereocenters. The van der Waals surface area contributed by atoms with Gasteiger partial charge < -0.3 is 14.8 Å². The van der Waals surface area contributed by atoms with Gasteiger partial charge in [0.05, 0.1) is 19.4 Å². The van der Waals surface area contributed by atoms with E-state index in [2.05, 4.69) is 5.32 Å². The predicted molar refractivity (Wildman–Crippen MR) is 102 cm³/mol. The number of hydrogen-bond donors (Lipinski definition) is 1. The summed E-state index contributed by atoms with van der Waals surface area (Å²) in [5, 5.41) is 3.31. The lowest BCUT2D eigenvalue weighted by Crippen LogP contribution is -2.30. The molecule has 0 spiro atoms. The zero-order chi connectivity index (χ0) is 17.8. The summed E-state index contributed by atoms with van der Waals surface area (Å²) >= 11 is 5.34. The maximum Gasteiger partial charge on any atom is 0.281 e. The van der Waals surface area contributed by atoms with Gasteiger partial charge in [-0.15, -0.1) is 0 Å². The average molecular weight is 354 g/mol. The van der Waals surface area contributed by atoms with Crippen LogP contribution in [0.5, 0.6) is 11.5 Å². The van der Waals surface area contributed by atoms with Gasteiger partial charge in [-0.3, -0.25) is 9.69 Å². The Kier molecular flexibility index (Phi) is 5.00. The molecule has 128 valence electrons. The molecule has 1 fully saturated rings. The van der Waals surface area contributed by atoms with Crippen LogP contribution in [0.25, 0.3) is 6.08 Å². The third-order valence-electron chi connectivity index (χ3n) is 3.71. The van der Waals surface area contributed by atoms with Crippen molar-refractivity contribution in [3.63, 3.8) is 0 Å². The first-order valence-electron chi connectivity index (χ1n) is 7.87. The van der Waals surface area contributed by atoms with Crippen molar-refractivity contribution in [3.8, 4) is 11.5 Å². The van der Waals surface area contributed by atoms with E-state index in [-0.39, 0.29) is 5.91 Å². The summed E-state index contributed by atoms with van der Waals surface area (Å²) in [5.74, 6) is 1.16. The van der Waals surface area contributed by atoms with Crippen molar-refractivity contribution < 1.29 is 14.3 Å². The Morgan fingerprint density at radius 1 is 1.20 bits per heavy atom. The first kappa shape index (κ1) is 17.0. The van der Waals surface area contributed by atoms with E-state index in [1.54, 1.807) is 19.3 Å². The Morgan fingerprint density at radius 3 is 2.76 bits per heavy atom. The number of benzene rings is 2. The molecule has 0 radical (unpaired) electrons. The third kappa shape index (κ3) is 3.49. The molecule has 25 heavy (non-hydrogen) atoms. The summed E-state index contributed by atoms with van der Waals surface area (Å²) < 4.78 is 10.8. The lowest BCUT2D eigenvalue weighted by Gasteiger charge is -2.14. The molecule has 3 rings (SSSR count). The van der Waals surface area contributed by atoms with E-state index in [0.29, 0.717) is 28.9 Å². The van der Waals surface area contributed by atoms with E-state index >= 15 is 0 Å². The molecule has 2 aromatic carbocycles. The van der Waals surface area contributed by atoms with E-state index in [4.69, 9.17) is 21.7 Å². The largest absolute Gasteiger partial charge is 0.497 e. The highest BCUT2D eigenvalue weighted by Crippen LogP contribution is 2.27. The Labute approximate surface area is 151 Å². The van der Waals surface area contributed by atoms with Gasteiger partial charge in [0, 0.05) is 11.6 Å². The second-order valence-corrected chi connectivity index (χ2v) is 5.69. The molecule has 0 bridgehead atoms. The zero-order valence-electron chi connectivity index (χ0n) is 14.0. The number of anilines is 1. The maximum absolute atomic E-state index is 12.8. The monoisotopic (exact) mass is 354 g/mol. The molecule has 1 aliphatic heterocycles. The number of nitrogens with one attached hydrogen (secondary N) is 1. The molecule has 0 aliphatic carbocycles. The molecule has 0 aromatic heterocycles. The summed E-state index contributed by atoms with van der Waals surface area (Å²) in [6.45, 7) is 2.47. The highest BCUT2D eigenvalue weighted by molar-refractivity contribution is 7.80. The number of methoxy groups -OCH3 is 1. The molecule has 1 saturated heterocycles. The Morgan fingerprint density at radius 2 is 2.00 bits per heavy atom. The smallest absolute Gasteiger partial charge is 0.281 e. The van der Waals surface area contributed by atoms with E-state index in [0.717, 1.165) is 11.3 Å². The van der Waals surface area contributed by atoms with Gasteiger partial charge in [0.2, 0.25) is 0 Å². The van der Waals surface area contributed by atoms with Crippen molar-refractivity contribution in [2.24, 2.45) is 0 Å². The third-order valence-corrected chi connectivity index (χ3v) is 3.99. The van der Waals surface area contributed by atoms with Crippen molar-refractivity contribution >= 4 is 35.0 Å². The molecule has 1 heterocycles. The molecule has 1 amide bonds. The van der Waals surface area contributed by atoms with Crippen LogP contribution in [0.2, 0.25) is 0 Å². The molecule has 1 aliphatic rings. The van der Waals surface area contributed by atoms with Crippen LogP contribution in [-0.4, -0.2) is 24.7 Å². The predicted octanol–water partition coefficient (Wildman–Crippen LogP) is 3.36. The van der Waals surface area contributed by atoms with Gasteiger partial charge in [-0.2, -0.15) is 0 Å². The number of carbonyl (C=O) groups is 1. The Hall–Kier alpha value is -2.86. The summed E-state index contributed by atoms with van der Waals surface area (Å²) in [4.78, 5) is 14.3. The summed E-state index contributed by atoms with van der Waals surface area (Å²) in [7, 11) is 1.58. The Bertz CT molecular complexity index is 848. The summed E-state index contributed by atoms with van der Waals surface area (Å²) in [6, 6.07) is 14.8. The number of hydrogen-bond acceptors (Lipinski definition) is 4. The standard InChI is InChI=1S/C19H18N2O3S/c1-3-24-17-10-5-4-7-13(17)11-16-18(22)21(19(25)20-16)14-8-6-9-15(12-14)23-2/h4-12H,3H2,1-2H3,(H,20,25)/b16-11-. The van der Waals surface area contributed by atoms with Gasteiger partial charge >= 0.3 is 0 Å². The maximum atomic E-state index is 12.8. The van der Waals surface area contributed by atoms with E-state index < -0.39 is 0 Å². The van der Waals surface area contributed by atoms with Gasteiger partial charge in [-0.1, -0.05) is 24.3 Å². The normalized spacial score (nSPS) is 15.4. The minimum absolute atomic E-state index is 0.218. The molecule has 5 nitrogen and oxygen atoms in total. The minimum Gasteiger partial charge on any atom is -0.497 e. The Balaban J connectivity index is 1.93. The first-order chi connectivity index (χ1) is 12.1. The van der Waals surface area contributed by atoms with Crippen molar-refractivity contribution in [2.45, 2.75) is 6.92 Å². The second kappa shape index (κ2) is 7.36. The quantitative estimate of drug-likeness (QED) is 0.659. The fraction of sp³-hybridized carbons (Fsp3) is 0.158. The van der Waals surface area contributed by atoms with Gasteiger partial charge in [0.25, 0.3) is 5.91 Å². The lowest BCUT2D eigenvalue weighted by molar-refractivity contribution is -0.113. The molecular weight excluding hydrogens is 336 g/mol. The van der Waals surface area contributed by atoms with Gasteiger partial charge in [-0.25, -0.2) is 0 Å². The fourth-order valence-corrected chi connectivity index (χ4v) is 2.86.